The molecule has 0 saturated carbocycles. The lowest BCUT2D eigenvalue weighted by Gasteiger charge is -2.26. The summed E-state index contributed by atoms with van der Waals surface area (Å²) >= 11 is 0. The number of morpholine rings is 1. The average molecular weight is 469 g/mol. The average Bonchev–Trinajstić information content (AvgIpc) is 2.87. The van der Waals surface area contributed by atoms with E-state index in [4.69, 9.17) is 19.6 Å². The molecule has 0 spiro atoms. The van der Waals surface area contributed by atoms with Crippen LogP contribution >= 0.6 is 0 Å². The minimum Gasteiger partial charge on any atom is -0.462 e. The second-order valence-corrected chi connectivity index (χ2v) is 8.55. The molecule has 0 radical (unpaired) electrons. The molecule has 0 aromatic carbocycles. The Hall–Kier alpha value is -2.71. The van der Waals surface area contributed by atoms with Gasteiger partial charge in [-0.25, -0.2) is 0 Å². The van der Waals surface area contributed by atoms with Gasteiger partial charge in [-0.3, -0.25) is 10.3 Å². The van der Waals surface area contributed by atoms with Crippen LogP contribution in [0.5, 0.6) is 6.01 Å². The molecule has 1 saturated heterocycles. The number of anilines is 2. The van der Waals surface area contributed by atoms with Gasteiger partial charge in [0.05, 0.1) is 18.9 Å². The third-order valence-electron chi connectivity index (χ3n) is 6.02. The number of hydrazone groups is 1. The maximum absolute atomic E-state index is 6.01. The summed E-state index contributed by atoms with van der Waals surface area (Å²) < 4.78 is 11.4. The van der Waals surface area contributed by atoms with E-state index in [0.29, 0.717) is 18.4 Å². The molecule has 1 N–H and O–H groups in total. The van der Waals surface area contributed by atoms with Gasteiger partial charge in [0, 0.05) is 44.4 Å². The summed E-state index contributed by atoms with van der Waals surface area (Å²) in [5, 5.41) is 4.69. The van der Waals surface area contributed by atoms with E-state index < -0.39 is 0 Å². The predicted molar refractivity (Wildman–Crippen MR) is 140 cm³/mol. The zero-order chi connectivity index (χ0) is 24.2. The SMILES string of the molecule is C=CC1=C(C=C)/C(=N/Nc2cc(N(CCC)CCC)nc(OCCN3CCOCC3)n2)CCC1. The number of ether oxygens (including phenoxy) is 2. The van der Waals surface area contributed by atoms with Crippen molar-refractivity contribution < 1.29 is 9.47 Å². The first-order valence-corrected chi connectivity index (χ1v) is 12.6. The van der Waals surface area contributed by atoms with Gasteiger partial charge < -0.3 is 14.4 Å². The molecule has 34 heavy (non-hydrogen) atoms. The molecule has 0 atom stereocenters. The highest BCUT2D eigenvalue weighted by atomic mass is 16.5. The minimum absolute atomic E-state index is 0.376. The van der Waals surface area contributed by atoms with Crippen LogP contribution < -0.4 is 15.1 Å². The van der Waals surface area contributed by atoms with Crippen molar-refractivity contribution in [3.8, 4) is 6.01 Å². The number of allylic oxidation sites excluding steroid dienone is 4. The molecule has 1 aromatic rings. The fourth-order valence-corrected chi connectivity index (χ4v) is 4.27. The Balaban J connectivity index is 1.79. The van der Waals surface area contributed by atoms with Crippen molar-refractivity contribution in [1.29, 1.82) is 0 Å². The smallest absolute Gasteiger partial charge is 0.320 e. The van der Waals surface area contributed by atoms with Gasteiger partial charge in [0.2, 0.25) is 0 Å². The van der Waals surface area contributed by atoms with Gasteiger partial charge in [0.25, 0.3) is 0 Å². The first-order valence-electron chi connectivity index (χ1n) is 12.6. The van der Waals surface area contributed by atoms with Crippen LogP contribution in [0.3, 0.4) is 0 Å². The van der Waals surface area contributed by atoms with Crippen molar-refractivity contribution in [3.63, 3.8) is 0 Å². The second-order valence-electron chi connectivity index (χ2n) is 8.55. The van der Waals surface area contributed by atoms with Gasteiger partial charge in [-0.1, -0.05) is 39.2 Å². The highest BCUT2D eigenvalue weighted by molar-refractivity contribution is 6.04. The van der Waals surface area contributed by atoms with Gasteiger partial charge in [0.15, 0.2) is 5.82 Å². The molecule has 1 aliphatic carbocycles. The lowest BCUT2D eigenvalue weighted by molar-refractivity contribution is 0.0317. The molecule has 3 rings (SSSR count). The summed E-state index contributed by atoms with van der Waals surface area (Å²) in [5.74, 6) is 1.49. The van der Waals surface area contributed by atoms with E-state index >= 15 is 0 Å². The standard InChI is InChI=1S/C26H40N6O2/c1-5-12-32(13-6-2)25-20-24(30-29-23-11-9-10-21(7-3)22(23)8-4)27-26(28-25)34-19-16-31-14-17-33-18-15-31/h7-8,20H,3-6,9-19H2,1-2H3,(H,27,28,30)/b29-23+. The van der Waals surface area contributed by atoms with Crippen LogP contribution in [0.15, 0.2) is 47.6 Å². The Kier molecular flexibility index (Phi) is 10.6. The maximum Gasteiger partial charge on any atom is 0.320 e. The number of hydrogen-bond acceptors (Lipinski definition) is 8. The lowest BCUT2D eigenvalue weighted by atomic mass is 9.90. The van der Waals surface area contributed by atoms with E-state index in [1.807, 2.05) is 18.2 Å². The summed E-state index contributed by atoms with van der Waals surface area (Å²) in [4.78, 5) is 14.0. The zero-order valence-electron chi connectivity index (χ0n) is 20.9. The van der Waals surface area contributed by atoms with Gasteiger partial charge in [0.1, 0.15) is 12.4 Å². The van der Waals surface area contributed by atoms with Crippen molar-refractivity contribution in [3.05, 3.63) is 42.5 Å². The number of rotatable bonds is 13. The van der Waals surface area contributed by atoms with E-state index in [9.17, 15) is 0 Å². The number of hydrogen-bond donors (Lipinski definition) is 1. The Morgan fingerprint density at radius 2 is 1.91 bits per heavy atom. The molecule has 1 aromatic heterocycles. The summed E-state index contributed by atoms with van der Waals surface area (Å²) in [6, 6.07) is 2.33. The van der Waals surface area contributed by atoms with Gasteiger partial charge >= 0.3 is 6.01 Å². The molecule has 2 aliphatic rings. The van der Waals surface area contributed by atoms with E-state index in [1.165, 1.54) is 5.57 Å². The van der Waals surface area contributed by atoms with Crippen molar-refractivity contribution in [2.75, 3.05) is 62.9 Å². The normalized spacial score (nSPS) is 18.1. The number of nitrogens with one attached hydrogen (secondary N) is 1. The third-order valence-corrected chi connectivity index (χ3v) is 6.02. The molecular weight excluding hydrogens is 428 g/mol. The van der Waals surface area contributed by atoms with Crippen LogP contribution in [0.4, 0.5) is 11.6 Å². The molecule has 0 bridgehead atoms. The van der Waals surface area contributed by atoms with Crippen molar-refractivity contribution in [2.45, 2.75) is 46.0 Å². The van der Waals surface area contributed by atoms with Crippen LogP contribution in [0, 0.1) is 0 Å². The van der Waals surface area contributed by atoms with E-state index in [0.717, 1.165) is 95.1 Å². The predicted octanol–water partition coefficient (Wildman–Crippen LogP) is 4.43. The van der Waals surface area contributed by atoms with E-state index in [-0.39, 0.29) is 0 Å². The van der Waals surface area contributed by atoms with Crippen molar-refractivity contribution >= 4 is 17.3 Å². The molecule has 8 heteroatoms. The van der Waals surface area contributed by atoms with Crippen LogP contribution in [0.1, 0.15) is 46.0 Å². The third kappa shape index (κ3) is 7.40. The molecule has 1 aliphatic heterocycles. The lowest BCUT2D eigenvalue weighted by Crippen LogP contribution is -2.38. The second kappa shape index (κ2) is 13.9. The van der Waals surface area contributed by atoms with E-state index in [1.54, 1.807) is 0 Å². The quantitative estimate of drug-likeness (QED) is 0.429. The summed E-state index contributed by atoms with van der Waals surface area (Å²) in [7, 11) is 0. The molecule has 2 heterocycles. The fourth-order valence-electron chi connectivity index (χ4n) is 4.27. The van der Waals surface area contributed by atoms with Crippen LogP contribution in [0.2, 0.25) is 0 Å². The van der Waals surface area contributed by atoms with Gasteiger partial charge in [-0.05, 0) is 37.7 Å². The minimum atomic E-state index is 0.376. The summed E-state index contributed by atoms with van der Waals surface area (Å²) in [6.07, 6.45) is 8.80. The molecule has 1 fully saturated rings. The Bertz CT molecular complexity index is 870. The molecule has 8 nitrogen and oxygen atoms in total. The Morgan fingerprint density at radius 1 is 1.15 bits per heavy atom. The highest BCUT2D eigenvalue weighted by Crippen LogP contribution is 2.25. The van der Waals surface area contributed by atoms with Crippen LogP contribution in [-0.2, 0) is 4.74 Å². The largest absolute Gasteiger partial charge is 0.462 e. The molecule has 0 unspecified atom stereocenters. The van der Waals surface area contributed by atoms with Crippen LogP contribution in [-0.4, -0.2) is 73.1 Å². The highest BCUT2D eigenvalue weighted by Gasteiger charge is 2.16. The van der Waals surface area contributed by atoms with Crippen LogP contribution in [0.25, 0.3) is 0 Å². The fraction of sp³-hybridized carbons (Fsp3) is 0.577. The number of nitrogens with zero attached hydrogens (tertiary/aromatic N) is 5. The van der Waals surface area contributed by atoms with Gasteiger partial charge in [-0.2, -0.15) is 15.1 Å². The zero-order valence-corrected chi connectivity index (χ0v) is 20.9. The molecular formula is C26H40N6O2. The van der Waals surface area contributed by atoms with Gasteiger partial charge in [-0.15, -0.1) is 0 Å². The van der Waals surface area contributed by atoms with Crippen molar-refractivity contribution in [1.82, 2.24) is 14.9 Å². The topological polar surface area (TPSA) is 75.1 Å². The molecule has 0 amide bonds. The Labute approximate surface area is 204 Å². The monoisotopic (exact) mass is 468 g/mol. The summed E-state index contributed by atoms with van der Waals surface area (Å²) in [5.41, 5.74) is 6.40. The Morgan fingerprint density at radius 3 is 2.59 bits per heavy atom. The first kappa shape index (κ1) is 25.9. The summed E-state index contributed by atoms with van der Waals surface area (Å²) in [6.45, 7) is 18.9. The van der Waals surface area contributed by atoms with E-state index in [2.05, 4.69) is 47.2 Å². The maximum atomic E-state index is 6.01. The number of aromatic nitrogens is 2. The molecule has 186 valence electrons. The van der Waals surface area contributed by atoms with Crippen molar-refractivity contribution in [2.24, 2.45) is 5.10 Å². The first-order chi connectivity index (χ1) is 16.7.